The van der Waals surface area contributed by atoms with Gasteiger partial charge in [-0.2, -0.15) is 0 Å². The number of hydrogen-bond donors (Lipinski definition) is 1. The molecule has 1 saturated carbocycles. The third kappa shape index (κ3) is 1.15. The van der Waals surface area contributed by atoms with Gasteiger partial charge in [-0.15, -0.1) is 0 Å². The predicted octanol–water partition coefficient (Wildman–Crippen LogP) is 1.77. The summed E-state index contributed by atoms with van der Waals surface area (Å²) in [6, 6.07) is -0.848. The van der Waals surface area contributed by atoms with Crippen molar-refractivity contribution in [3.05, 3.63) is 0 Å². The number of hydrogen-bond acceptors (Lipinski definition) is 1. The first-order valence-corrected chi connectivity index (χ1v) is 3.74. The minimum Gasteiger partial charge on any atom is -0.322 e. The third-order valence-electron chi connectivity index (χ3n) is 2.13. The lowest BCUT2D eigenvalue weighted by atomic mass is 10.2. The first kappa shape index (κ1) is 7.92. The van der Waals surface area contributed by atoms with Crippen LogP contribution in [-0.4, -0.2) is 12.0 Å². The van der Waals surface area contributed by atoms with E-state index in [1.807, 2.05) is 6.92 Å². The van der Waals surface area contributed by atoms with E-state index in [0.29, 0.717) is 6.42 Å². The molecule has 1 fully saturated rings. The van der Waals surface area contributed by atoms with Crippen LogP contribution in [0.2, 0.25) is 0 Å². The molecule has 0 bridgehead atoms. The summed E-state index contributed by atoms with van der Waals surface area (Å²) < 4.78 is 24.8. The van der Waals surface area contributed by atoms with Gasteiger partial charge in [0, 0.05) is 5.92 Å². The Morgan fingerprint density at radius 2 is 2.00 bits per heavy atom. The second-order valence-corrected chi connectivity index (χ2v) is 2.95. The van der Waals surface area contributed by atoms with Crippen molar-refractivity contribution in [2.24, 2.45) is 11.7 Å². The topological polar surface area (TPSA) is 26.0 Å². The molecule has 0 radical (unpaired) electrons. The molecule has 0 amide bonds. The Morgan fingerprint density at radius 1 is 1.50 bits per heavy atom. The summed E-state index contributed by atoms with van der Waals surface area (Å²) in [5.74, 6) is -3.07. The molecule has 1 aliphatic carbocycles. The maximum absolute atomic E-state index is 12.4. The minimum absolute atomic E-state index is 0.521. The van der Waals surface area contributed by atoms with Crippen LogP contribution >= 0.6 is 0 Å². The van der Waals surface area contributed by atoms with Crippen molar-refractivity contribution in [1.82, 2.24) is 0 Å². The number of rotatable bonds is 3. The molecule has 1 rings (SSSR count). The van der Waals surface area contributed by atoms with Crippen LogP contribution in [0.15, 0.2) is 0 Å². The van der Waals surface area contributed by atoms with E-state index in [9.17, 15) is 8.78 Å². The molecule has 0 aromatic carbocycles. The highest BCUT2D eigenvalue weighted by Gasteiger charge is 2.65. The molecule has 0 aromatic rings. The van der Waals surface area contributed by atoms with E-state index in [4.69, 9.17) is 5.73 Å². The van der Waals surface area contributed by atoms with Gasteiger partial charge >= 0.3 is 0 Å². The molecule has 0 spiro atoms. The van der Waals surface area contributed by atoms with E-state index < -0.39 is 17.9 Å². The minimum atomic E-state index is -2.55. The summed E-state index contributed by atoms with van der Waals surface area (Å²) in [6.45, 7) is 1.99. The fraction of sp³-hybridized carbons (Fsp3) is 1.00. The molecule has 2 atom stereocenters. The molecule has 0 heterocycles. The van der Waals surface area contributed by atoms with Crippen LogP contribution in [0, 0.1) is 5.92 Å². The van der Waals surface area contributed by atoms with Crippen LogP contribution in [-0.2, 0) is 0 Å². The van der Waals surface area contributed by atoms with Crippen LogP contribution in [0.5, 0.6) is 0 Å². The molecule has 60 valence electrons. The van der Waals surface area contributed by atoms with Gasteiger partial charge in [0.1, 0.15) is 0 Å². The molecular formula is C7H13F2N. The van der Waals surface area contributed by atoms with Crippen molar-refractivity contribution in [3.8, 4) is 0 Å². The lowest BCUT2D eigenvalue weighted by Gasteiger charge is -1.93. The Balaban J connectivity index is 2.22. The van der Waals surface area contributed by atoms with Gasteiger partial charge in [0.05, 0.1) is 6.04 Å². The maximum atomic E-state index is 12.4. The predicted molar refractivity (Wildman–Crippen MR) is 35.9 cm³/mol. The highest BCUT2D eigenvalue weighted by Crippen LogP contribution is 2.49. The van der Waals surface area contributed by atoms with E-state index in [-0.39, 0.29) is 0 Å². The Kier molecular flexibility index (Phi) is 1.95. The number of halogens is 2. The standard InChI is InChI=1S/C7H13F2N/c1-2-3-4-5-6(10)7(5,8)9/h5-6H,2-4,10H2,1H3. The first-order valence-electron chi connectivity index (χ1n) is 3.74. The lowest BCUT2D eigenvalue weighted by molar-refractivity contribution is 0.0917. The number of unbranched alkanes of at least 4 members (excludes halogenated alkanes) is 1. The van der Waals surface area contributed by atoms with Gasteiger partial charge in [0.2, 0.25) is 0 Å². The zero-order valence-corrected chi connectivity index (χ0v) is 6.11. The zero-order chi connectivity index (χ0) is 7.78. The summed E-state index contributed by atoms with van der Waals surface area (Å²) in [5.41, 5.74) is 5.14. The van der Waals surface area contributed by atoms with Gasteiger partial charge in [-0.3, -0.25) is 0 Å². The van der Waals surface area contributed by atoms with Crippen molar-refractivity contribution in [2.75, 3.05) is 0 Å². The fourth-order valence-electron chi connectivity index (χ4n) is 1.21. The molecule has 2 unspecified atom stereocenters. The molecule has 0 saturated heterocycles. The summed E-state index contributed by atoms with van der Waals surface area (Å²) in [4.78, 5) is 0. The van der Waals surface area contributed by atoms with Crippen molar-refractivity contribution in [1.29, 1.82) is 0 Å². The van der Waals surface area contributed by atoms with Crippen molar-refractivity contribution >= 4 is 0 Å². The highest BCUT2D eigenvalue weighted by atomic mass is 19.3. The second-order valence-electron chi connectivity index (χ2n) is 2.95. The maximum Gasteiger partial charge on any atom is 0.267 e. The van der Waals surface area contributed by atoms with E-state index in [1.54, 1.807) is 0 Å². The van der Waals surface area contributed by atoms with Crippen LogP contribution in [0.25, 0.3) is 0 Å². The monoisotopic (exact) mass is 149 g/mol. The molecule has 0 aliphatic heterocycles. The molecule has 1 aliphatic rings. The Bertz CT molecular complexity index is 125. The van der Waals surface area contributed by atoms with E-state index in [2.05, 4.69) is 0 Å². The second kappa shape index (κ2) is 2.46. The van der Waals surface area contributed by atoms with Crippen molar-refractivity contribution in [3.63, 3.8) is 0 Å². The largest absolute Gasteiger partial charge is 0.322 e. The average Bonchev–Trinajstić information content (AvgIpc) is 2.31. The van der Waals surface area contributed by atoms with Gasteiger partial charge in [-0.1, -0.05) is 19.8 Å². The van der Waals surface area contributed by atoms with Gasteiger partial charge < -0.3 is 5.73 Å². The van der Waals surface area contributed by atoms with Crippen LogP contribution < -0.4 is 5.73 Å². The molecular weight excluding hydrogens is 136 g/mol. The SMILES string of the molecule is CCCCC1C(N)C1(F)F. The normalized spacial score (nSPS) is 36.0. The Morgan fingerprint density at radius 3 is 2.30 bits per heavy atom. The quantitative estimate of drug-likeness (QED) is 0.650. The summed E-state index contributed by atoms with van der Waals surface area (Å²) in [6.07, 6.45) is 2.43. The van der Waals surface area contributed by atoms with Crippen LogP contribution in [0.1, 0.15) is 26.2 Å². The number of nitrogens with two attached hydrogens (primary N) is 1. The summed E-state index contributed by atoms with van der Waals surface area (Å²) in [7, 11) is 0. The van der Waals surface area contributed by atoms with Gasteiger partial charge in [0.25, 0.3) is 5.92 Å². The summed E-state index contributed by atoms with van der Waals surface area (Å²) >= 11 is 0. The number of alkyl halides is 2. The van der Waals surface area contributed by atoms with Gasteiger partial charge in [-0.25, -0.2) is 8.78 Å². The lowest BCUT2D eigenvalue weighted by Crippen LogP contribution is -2.08. The van der Waals surface area contributed by atoms with Gasteiger partial charge in [-0.05, 0) is 6.42 Å². The smallest absolute Gasteiger partial charge is 0.267 e. The Labute approximate surface area is 59.6 Å². The average molecular weight is 149 g/mol. The first-order chi connectivity index (χ1) is 4.60. The zero-order valence-electron chi connectivity index (χ0n) is 6.11. The van der Waals surface area contributed by atoms with E-state index in [0.717, 1.165) is 12.8 Å². The van der Waals surface area contributed by atoms with E-state index >= 15 is 0 Å². The van der Waals surface area contributed by atoms with Crippen molar-refractivity contribution < 1.29 is 8.78 Å². The molecule has 1 nitrogen and oxygen atoms in total. The van der Waals surface area contributed by atoms with Crippen molar-refractivity contribution in [2.45, 2.75) is 38.2 Å². The molecule has 0 aromatic heterocycles. The third-order valence-corrected chi connectivity index (χ3v) is 2.13. The van der Waals surface area contributed by atoms with Gasteiger partial charge in [0.15, 0.2) is 0 Å². The molecule has 10 heavy (non-hydrogen) atoms. The van der Waals surface area contributed by atoms with Crippen LogP contribution in [0.3, 0.4) is 0 Å². The molecule has 2 N–H and O–H groups in total. The fourth-order valence-corrected chi connectivity index (χ4v) is 1.21. The Hall–Kier alpha value is -0.180. The van der Waals surface area contributed by atoms with Crippen LogP contribution in [0.4, 0.5) is 8.78 Å². The summed E-state index contributed by atoms with van der Waals surface area (Å²) in [5, 5.41) is 0. The highest BCUT2D eigenvalue weighted by molar-refractivity contribution is 5.08. The molecule has 3 heteroatoms. The van der Waals surface area contributed by atoms with E-state index in [1.165, 1.54) is 0 Å².